The number of carbonyl (C=O) groups is 1. The number of nitrogens with zero attached hydrogens (tertiary/aromatic N) is 3. The first-order chi connectivity index (χ1) is 14.6. The molecule has 3 aromatic rings. The Morgan fingerprint density at radius 3 is 2.73 bits per heavy atom. The number of hydrogen-bond donors (Lipinski definition) is 0. The van der Waals surface area contributed by atoms with E-state index in [2.05, 4.69) is 15.3 Å². The van der Waals surface area contributed by atoms with Crippen LogP contribution in [-0.2, 0) is 6.61 Å². The number of thiazole rings is 1. The Morgan fingerprint density at radius 1 is 1.13 bits per heavy atom. The fourth-order valence-electron chi connectivity index (χ4n) is 3.41. The van der Waals surface area contributed by atoms with Gasteiger partial charge in [-0.3, -0.25) is 4.79 Å². The van der Waals surface area contributed by atoms with E-state index < -0.39 is 0 Å². The molecule has 4 rings (SSSR count). The standard InChI is InChI=1S/C22H25N3O4S/c1-16-15-30-22(23-16)25-11-5-10-24(12-13-25)21(26)20-9-8-17(29-20)14-28-19-7-4-3-6-18(19)27-2/h3-4,6-9,15H,5,10-14H2,1-2H3. The van der Waals surface area contributed by atoms with E-state index >= 15 is 0 Å². The normalized spacial score (nSPS) is 14.5. The molecule has 30 heavy (non-hydrogen) atoms. The van der Waals surface area contributed by atoms with Crippen LogP contribution in [-0.4, -0.2) is 49.1 Å². The molecule has 7 nitrogen and oxygen atoms in total. The maximum Gasteiger partial charge on any atom is 0.289 e. The van der Waals surface area contributed by atoms with Crippen molar-refractivity contribution in [1.29, 1.82) is 0 Å². The molecule has 158 valence electrons. The van der Waals surface area contributed by atoms with Crippen molar-refractivity contribution in [1.82, 2.24) is 9.88 Å². The smallest absolute Gasteiger partial charge is 0.289 e. The van der Waals surface area contributed by atoms with Crippen molar-refractivity contribution in [3.63, 3.8) is 0 Å². The van der Waals surface area contributed by atoms with Gasteiger partial charge in [0, 0.05) is 31.6 Å². The number of aromatic nitrogens is 1. The monoisotopic (exact) mass is 427 g/mol. The van der Waals surface area contributed by atoms with E-state index in [0.29, 0.717) is 36.1 Å². The molecule has 0 unspecified atom stereocenters. The van der Waals surface area contributed by atoms with Crippen molar-refractivity contribution in [3.8, 4) is 11.5 Å². The third-order valence-corrected chi connectivity index (χ3v) is 5.99. The molecule has 8 heteroatoms. The summed E-state index contributed by atoms with van der Waals surface area (Å²) in [6, 6.07) is 10.9. The molecule has 1 aliphatic rings. The van der Waals surface area contributed by atoms with Gasteiger partial charge >= 0.3 is 0 Å². The minimum absolute atomic E-state index is 0.0873. The predicted octanol–water partition coefficient (Wildman–Crippen LogP) is 3.98. The lowest BCUT2D eigenvalue weighted by molar-refractivity contribution is 0.0731. The summed E-state index contributed by atoms with van der Waals surface area (Å²) in [5.41, 5.74) is 1.03. The Labute approximate surface area is 179 Å². The number of methoxy groups -OCH3 is 1. The van der Waals surface area contributed by atoms with Crippen LogP contribution in [0.15, 0.2) is 46.2 Å². The third kappa shape index (κ3) is 4.59. The Kier molecular flexibility index (Phi) is 6.23. The van der Waals surface area contributed by atoms with Crippen LogP contribution in [0, 0.1) is 6.92 Å². The number of benzene rings is 1. The summed E-state index contributed by atoms with van der Waals surface area (Å²) in [4.78, 5) is 21.6. The van der Waals surface area contributed by atoms with Gasteiger partial charge < -0.3 is 23.7 Å². The summed E-state index contributed by atoms with van der Waals surface area (Å²) in [5, 5.41) is 3.08. The van der Waals surface area contributed by atoms with Gasteiger partial charge in [-0.05, 0) is 37.6 Å². The van der Waals surface area contributed by atoms with Crippen molar-refractivity contribution < 1.29 is 18.7 Å². The first-order valence-corrected chi connectivity index (χ1v) is 10.8. The van der Waals surface area contributed by atoms with Gasteiger partial charge in [0.1, 0.15) is 12.4 Å². The Balaban J connectivity index is 1.35. The van der Waals surface area contributed by atoms with Gasteiger partial charge in [0.25, 0.3) is 5.91 Å². The van der Waals surface area contributed by atoms with Crippen LogP contribution in [0.25, 0.3) is 0 Å². The van der Waals surface area contributed by atoms with Crippen LogP contribution in [0.5, 0.6) is 11.5 Å². The van der Waals surface area contributed by atoms with Crippen LogP contribution in [0.4, 0.5) is 5.13 Å². The third-order valence-electron chi connectivity index (χ3n) is 4.97. The topological polar surface area (TPSA) is 68.0 Å². The minimum Gasteiger partial charge on any atom is -0.493 e. The molecule has 1 aromatic carbocycles. The molecule has 0 bridgehead atoms. The molecule has 2 aromatic heterocycles. The number of anilines is 1. The molecule has 0 radical (unpaired) electrons. The quantitative estimate of drug-likeness (QED) is 0.593. The zero-order valence-electron chi connectivity index (χ0n) is 17.2. The summed E-state index contributed by atoms with van der Waals surface area (Å²) in [6.07, 6.45) is 0.898. The molecule has 1 fully saturated rings. The summed E-state index contributed by atoms with van der Waals surface area (Å²) in [6.45, 7) is 5.24. The molecule has 1 amide bonds. The lowest BCUT2D eigenvalue weighted by Gasteiger charge is -2.21. The van der Waals surface area contributed by atoms with E-state index in [1.807, 2.05) is 36.1 Å². The van der Waals surface area contributed by atoms with E-state index in [-0.39, 0.29) is 12.5 Å². The second kappa shape index (κ2) is 9.21. The zero-order chi connectivity index (χ0) is 20.9. The SMILES string of the molecule is COc1ccccc1OCc1ccc(C(=O)N2CCCN(c3nc(C)cs3)CC2)o1. The Bertz CT molecular complexity index is 1000. The van der Waals surface area contributed by atoms with E-state index in [0.717, 1.165) is 30.3 Å². The lowest BCUT2D eigenvalue weighted by Crippen LogP contribution is -2.35. The van der Waals surface area contributed by atoms with Crippen molar-refractivity contribution >= 4 is 22.4 Å². The number of amides is 1. The predicted molar refractivity (Wildman–Crippen MR) is 116 cm³/mol. The van der Waals surface area contributed by atoms with Gasteiger partial charge in [0.2, 0.25) is 0 Å². The second-order valence-corrected chi connectivity index (χ2v) is 7.95. The lowest BCUT2D eigenvalue weighted by atomic mass is 10.3. The van der Waals surface area contributed by atoms with Crippen LogP contribution >= 0.6 is 11.3 Å². The number of carbonyl (C=O) groups excluding carboxylic acids is 1. The maximum atomic E-state index is 12.9. The molecule has 0 saturated carbocycles. The fraction of sp³-hybridized carbons (Fsp3) is 0.364. The highest BCUT2D eigenvalue weighted by molar-refractivity contribution is 7.13. The van der Waals surface area contributed by atoms with Crippen molar-refractivity contribution in [2.45, 2.75) is 20.0 Å². The molecule has 1 saturated heterocycles. The van der Waals surface area contributed by atoms with Gasteiger partial charge in [-0.15, -0.1) is 11.3 Å². The molecular weight excluding hydrogens is 402 g/mol. The fourth-order valence-corrected chi connectivity index (χ4v) is 4.27. The van der Waals surface area contributed by atoms with Gasteiger partial charge in [-0.2, -0.15) is 0 Å². The highest BCUT2D eigenvalue weighted by atomic mass is 32.1. The number of furan rings is 1. The van der Waals surface area contributed by atoms with Crippen LogP contribution in [0.1, 0.15) is 28.4 Å². The van der Waals surface area contributed by atoms with E-state index in [1.54, 1.807) is 30.6 Å². The summed E-state index contributed by atoms with van der Waals surface area (Å²) < 4.78 is 16.8. The van der Waals surface area contributed by atoms with E-state index in [1.165, 1.54) is 0 Å². The number of ether oxygens (including phenoxy) is 2. The first kappa shape index (κ1) is 20.3. The highest BCUT2D eigenvalue weighted by Crippen LogP contribution is 2.27. The van der Waals surface area contributed by atoms with Crippen LogP contribution in [0.2, 0.25) is 0 Å². The van der Waals surface area contributed by atoms with Gasteiger partial charge in [-0.25, -0.2) is 4.98 Å². The molecule has 0 atom stereocenters. The molecule has 0 spiro atoms. The first-order valence-electron chi connectivity index (χ1n) is 9.95. The van der Waals surface area contributed by atoms with Crippen LogP contribution in [0.3, 0.4) is 0 Å². The minimum atomic E-state index is -0.0873. The second-order valence-electron chi connectivity index (χ2n) is 7.11. The van der Waals surface area contributed by atoms with Gasteiger partial charge in [0.15, 0.2) is 22.4 Å². The summed E-state index contributed by atoms with van der Waals surface area (Å²) in [5.74, 6) is 2.14. The maximum absolute atomic E-state index is 12.9. The Morgan fingerprint density at radius 2 is 1.97 bits per heavy atom. The van der Waals surface area contributed by atoms with Gasteiger partial charge in [-0.1, -0.05) is 12.1 Å². The van der Waals surface area contributed by atoms with E-state index in [4.69, 9.17) is 13.9 Å². The Hall–Kier alpha value is -3.00. The molecule has 3 heterocycles. The summed E-state index contributed by atoms with van der Waals surface area (Å²) >= 11 is 1.65. The molecule has 0 aliphatic carbocycles. The number of hydrogen-bond acceptors (Lipinski definition) is 7. The van der Waals surface area contributed by atoms with Crippen molar-refractivity contribution in [2.24, 2.45) is 0 Å². The van der Waals surface area contributed by atoms with Crippen molar-refractivity contribution in [2.75, 3.05) is 38.2 Å². The number of aryl methyl sites for hydroxylation is 1. The molecular formula is C22H25N3O4S. The average Bonchev–Trinajstić information content (AvgIpc) is 3.34. The zero-order valence-corrected chi connectivity index (χ0v) is 18.0. The van der Waals surface area contributed by atoms with Gasteiger partial charge in [0.05, 0.1) is 12.8 Å². The van der Waals surface area contributed by atoms with Crippen LogP contribution < -0.4 is 14.4 Å². The van der Waals surface area contributed by atoms with Crippen molar-refractivity contribution in [3.05, 3.63) is 59.0 Å². The largest absolute Gasteiger partial charge is 0.493 e. The molecule has 0 N–H and O–H groups in total. The highest BCUT2D eigenvalue weighted by Gasteiger charge is 2.23. The van der Waals surface area contributed by atoms with E-state index in [9.17, 15) is 4.79 Å². The summed E-state index contributed by atoms with van der Waals surface area (Å²) in [7, 11) is 1.60. The number of rotatable bonds is 6. The average molecular weight is 428 g/mol. The number of para-hydroxylation sites is 2. The molecule has 1 aliphatic heterocycles.